The molecule has 7 heteroatoms. The normalized spacial score (nSPS) is 16.7. The second-order valence-corrected chi connectivity index (χ2v) is 7.04. The molecule has 3 aromatic rings. The van der Waals surface area contributed by atoms with Gasteiger partial charge < -0.3 is 10.2 Å². The van der Waals surface area contributed by atoms with E-state index in [-0.39, 0.29) is 11.8 Å². The van der Waals surface area contributed by atoms with Crippen LogP contribution in [0.15, 0.2) is 61.3 Å². The van der Waals surface area contributed by atoms with Gasteiger partial charge in [0.1, 0.15) is 5.82 Å². The van der Waals surface area contributed by atoms with Gasteiger partial charge in [0.2, 0.25) is 5.91 Å². The van der Waals surface area contributed by atoms with Crippen molar-refractivity contribution in [2.24, 2.45) is 5.92 Å². The molecule has 7 nitrogen and oxygen atoms in total. The predicted octanol–water partition coefficient (Wildman–Crippen LogP) is 2.25. The SMILES string of the molecule is O=C(NCc1ccccc1Cn1cccn1)C1CCCN(c2cnccn2)C1. The molecule has 0 saturated carbocycles. The number of benzene rings is 1. The van der Waals surface area contributed by atoms with Crippen molar-refractivity contribution in [3.8, 4) is 0 Å². The summed E-state index contributed by atoms with van der Waals surface area (Å²) in [5.74, 6) is 0.904. The Kier molecular flexibility index (Phi) is 5.61. The van der Waals surface area contributed by atoms with Crippen molar-refractivity contribution < 1.29 is 4.79 Å². The van der Waals surface area contributed by atoms with E-state index >= 15 is 0 Å². The van der Waals surface area contributed by atoms with Gasteiger partial charge in [-0.05, 0) is 30.0 Å². The molecular formula is C21H24N6O. The van der Waals surface area contributed by atoms with Crippen molar-refractivity contribution in [3.63, 3.8) is 0 Å². The van der Waals surface area contributed by atoms with Gasteiger partial charge in [-0.2, -0.15) is 5.10 Å². The van der Waals surface area contributed by atoms with Gasteiger partial charge in [-0.15, -0.1) is 0 Å². The number of amides is 1. The van der Waals surface area contributed by atoms with Crippen LogP contribution in [0.2, 0.25) is 0 Å². The molecule has 1 aromatic carbocycles. The molecule has 0 bridgehead atoms. The molecule has 1 amide bonds. The number of hydrogen-bond donors (Lipinski definition) is 1. The van der Waals surface area contributed by atoms with Crippen LogP contribution in [0.5, 0.6) is 0 Å². The Bertz CT molecular complexity index is 896. The smallest absolute Gasteiger partial charge is 0.225 e. The van der Waals surface area contributed by atoms with Crippen molar-refractivity contribution >= 4 is 11.7 Å². The van der Waals surface area contributed by atoms with Crippen LogP contribution in [0.1, 0.15) is 24.0 Å². The average molecular weight is 376 g/mol. The molecule has 144 valence electrons. The highest BCUT2D eigenvalue weighted by atomic mass is 16.1. The molecule has 1 saturated heterocycles. The van der Waals surface area contributed by atoms with Crippen molar-refractivity contribution in [2.75, 3.05) is 18.0 Å². The maximum absolute atomic E-state index is 12.8. The predicted molar refractivity (Wildman–Crippen MR) is 107 cm³/mol. The first-order valence-corrected chi connectivity index (χ1v) is 9.62. The number of nitrogens with zero attached hydrogens (tertiary/aromatic N) is 5. The number of aromatic nitrogens is 4. The Labute approximate surface area is 164 Å². The third-order valence-corrected chi connectivity index (χ3v) is 5.13. The highest BCUT2D eigenvalue weighted by Gasteiger charge is 2.26. The third-order valence-electron chi connectivity index (χ3n) is 5.13. The van der Waals surface area contributed by atoms with Crippen LogP contribution >= 0.6 is 0 Å². The van der Waals surface area contributed by atoms with E-state index in [1.165, 1.54) is 0 Å². The summed E-state index contributed by atoms with van der Waals surface area (Å²) in [6.45, 7) is 2.81. The standard InChI is InChI=1S/C21H24N6O/c28-21(19-7-3-11-26(15-19)20-14-22-9-10-23-20)24-13-17-5-1-2-6-18(17)16-27-12-4-8-25-27/h1-2,4-6,8-10,12,14,19H,3,7,11,13,15-16H2,(H,24,28). The highest BCUT2D eigenvalue weighted by Crippen LogP contribution is 2.21. The average Bonchev–Trinajstić information content (AvgIpc) is 3.27. The lowest BCUT2D eigenvalue weighted by Gasteiger charge is -2.32. The summed E-state index contributed by atoms with van der Waals surface area (Å²) in [6, 6.07) is 10.1. The zero-order valence-electron chi connectivity index (χ0n) is 15.7. The van der Waals surface area contributed by atoms with Crippen molar-refractivity contribution in [1.29, 1.82) is 0 Å². The lowest BCUT2D eigenvalue weighted by atomic mass is 9.97. The van der Waals surface area contributed by atoms with Crippen LogP contribution < -0.4 is 10.2 Å². The second kappa shape index (κ2) is 8.65. The number of nitrogens with one attached hydrogen (secondary N) is 1. The van der Waals surface area contributed by atoms with Crippen LogP contribution in [0, 0.1) is 5.92 Å². The van der Waals surface area contributed by atoms with Gasteiger partial charge in [-0.25, -0.2) is 4.98 Å². The van der Waals surface area contributed by atoms with Crippen LogP contribution in [0.25, 0.3) is 0 Å². The van der Waals surface area contributed by atoms with Crippen molar-refractivity contribution in [3.05, 3.63) is 72.4 Å². The Hall–Kier alpha value is -3.22. The minimum atomic E-state index is -0.0333. The first-order chi connectivity index (χ1) is 13.8. The molecule has 1 unspecified atom stereocenters. The van der Waals surface area contributed by atoms with E-state index in [1.54, 1.807) is 24.8 Å². The summed E-state index contributed by atoms with van der Waals surface area (Å²) in [5.41, 5.74) is 2.28. The van der Waals surface area contributed by atoms with E-state index in [1.807, 2.05) is 29.1 Å². The fourth-order valence-electron chi connectivity index (χ4n) is 3.63. The van der Waals surface area contributed by atoms with E-state index in [0.717, 1.165) is 36.3 Å². The highest BCUT2D eigenvalue weighted by molar-refractivity contribution is 5.79. The fraction of sp³-hybridized carbons (Fsp3) is 0.333. The largest absolute Gasteiger partial charge is 0.355 e. The molecule has 28 heavy (non-hydrogen) atoms. The molecule has 0 aliphatic carbocycles. The van der Waals surface area contributed by atoms with Crippen LogP contribution in [-0.4, -0.2) is 38.7 Å². The van der Waals surface area contributed by atoms with E-state index in [9.17, 15) is 4.79 Å². The van der Waals surface area contributed by atoms with Gasteiger partial charge in [0.05, 0.1) is 18.7 Å². The molecule has 1 aliphatic heterocycles. The summed E-state index contributed by atoms with van der Waals surface area (Å²) in [7, 11) is 0. The number of anilines is 1. The summed E-state index contributed by atoms with van der Waals surface area (Å²) < 4.78 is 1.89. The number of carbonyl (C=O) groups excluding carboxylic acids is 1. The van der Waals surface area contributed by atoms with E-state index < -0.39 is 0 Å². The summed E-state index contributed by atoms with van der Waals surface area (Å²) in [6.07, 6.45) is 10.7. The third kappa shape index (κ3) is 4.36. The zero-order chi connectivity index (χ0) is 19.2. The monoisotopic (exact) mass is 376 g/mol. The van der Waals surface area contributed by atoms with Gasteiger partial charge in [0.15, 0.2) is 0 Å². The van der Waals surface area contributed by atoms with Crippen LogP contribution in [0.3, 0.4) is 0 Å². The second-order valence-electron chi connectivity index (χ2n) is 7.04. The molecule has 3 heterocycles. The lowest BCUT2D eigenvalue weighted by molar-refractivity contribution is -0.125. The van der Waals surface area contributed by atoms with Crippen molar-refractivity contribution in [1.82, 2.24) is 25.1 Å². The first kappa shape index (κ1) is 18.2. The number of carbonyl (C=O) groups is 1. The lowest BCUT2D eigenvalue weighted by Crippen LogP contribution is -2.43. The number of piperidine rings is 1. The van der Waals surface area contributed by atoms with E-state index in [2.05, 4.69) is 37.4 Å². The summed E-state index contributed by atoms with van der Waals surface area (Å²) >= 11 is 0. The summed E-state index contributed by atoms with van der Waals surface area (Å²) in [5, 5.41) is 7.40. The molecule has 1 atom stereocenters. The van der Waals surface area contributed by atoms with Gasteiger partial charge in [0.25, 0.3) is 0 Å². The van der Waals surface area contributed by atoms with Gasteiger partial charge in [-0.1, -0.05) is 24.3 Å². The summed E-state index contributed by atoms with van der Waals surface area (Å²) in [4.78, 5) is 23.4. The molecular weight excluding hydrogens is 352 g/mol. The van der Waals surface area contributed by atoms with Crippen LogP contribution in [-0.2, 0) is 17.9 Å². The maximum Gasteiger partial charge on any atom is 0.225 e. The minimum absolute atomic E-state index is 0.0333. The minimum Gasteiger partial charge on any atom is -0.355 e. The van der Waals surface area contributed by atoms with Gasteiger partial charge in [-0.3, -0.25) is 14.5 Å². The first-order valence-electron chi connectivity index (χ1n) is 9.62. The molecule has 4 rings (SSSR count). The quantitative estimate of drug-likeness (QED) is 0.714. The number of rotatable bonds is 6. The molecule has 0 radical (unpaired) electrons. The molecule has 1 N–H and O–H groups in total. The zero-order valence-corrected chi connectivity index (χ0v) is 15.7. The Balaban J connectivity index is 1.37. The molecule has 0 spiro atoms. The molecule has 1 fully saturated rings. The number of hydrogen-bond acceptors (Lipinski definition) is 5. The molecule has 2 aromatic heterocycles. The maximum atomic E-state index is 12.8. The fourth-order valence-corrected chi connectivity index (χ4v) is 3.63. The van der Waals surface area contributed by atoms with Gasteiger partial charge >= 0.3 is 0 Å². The van der Waals surface area contributed by atoms with E-state index in [4.69, 9.17) is 0 Å². The molecule has 1 aliphatic rings. The van der Waals surface area contributed by atoms with E-state index in [0.29, 0.717) is 19.6 Å². The Morgan fingerprint density at radius 1 is 1.14 bits per heavy atom. The van der Waals surface area contributed by atoms with Crippen molar-refractivity contribution in [2.45, 2.75) is 25.9 Å². The Morgan fingerprint density at radius 3 is 2.82 bits per heavy atom. The van der Waals surface area contributed by atoms with Crippen LogP contribution in [0.4, 0.5) is 5.82 Å². The topological polar surface area (TPSA) is 75.9 Å². The van der Waals surface area contributed by atoms with Gasteiger partial charge in [0, 0.05) is 44.4 Å². The Morgan fingerprint density at radius 2 is 2.04 bits per heavy atom.